The molecule has 0 heterocycles. The highest BCUT2D eigenvalue weighted by Gasteiger charge is 2.28. The Hall–Kier alpha value is -1.39. The highest BCUT2D eigenvalue weighted by Crippen LogP contribution is 2.22. The van der Waals surface area contributed by atoms with E-state index in [1.165, 1.54) is 0 Å². The van der Waals surface area contributed by atoms with Crippen molar-refractivity contribution in [2.45, 2.75) is 32.3 Å². The van der Waals surface area contributed by atoms with E-state index < -0.39 is 5.41 Å². The van der Waals surface area contributed by atoms with Gasteiger partial charge in [0.25, 0.3) is 0 Å². The van der Waals surface area contributed by atoms with Gasteiger partial charge in [-0.15, -0.1) is 0 Å². The lowest BCUT2D eigenvalue weighted by Gasteiger charge is -2.24. The number of hydrogen-bond donors (Lipinski definition) is 3. The SMILES string of the molecule is CC(O)CNCCNC(=O)C(C)(C)c1ccccc1. The van der Waals surface area contributed by atoms with Crippen molar-refractivity contribution in [1.82, 2.24) is 10.6 Å². The number of carbonyl (C=O) groups excluding carboxylic acids is 1. The van der Waals surface area contributed by atoms with Crippen LogP contribution in [0.15, 0.2) is 30.3 Å². The lowest BCUT2D eigenvalue weighted by Crippen LogP contribution is -2.43. The molecule has 1 atom stereocenters. The van der Waals surface area contributed by atoms with E-state index in [1.54, 1.807) is 6.92 Å². The molecular formula is C15H24N2O2. The molecule has 0 aromatic heterocycles. The first kappa shape index (κ1) is 15.7. The number of nitrogens with one attached hydrogen (secondary N) is 2. The van der Waals surface area contributed by atoms with Crippen molar-refractivity contribution in [3.05, 3.63) is 35.9 Å². The fraction of sp³-hybridized carbons (Fsp3) is 0.533. The fourth-order valence-electron chi connectivity index (χ4n) is 1.78. The van der Waals surface area contributed by atoms with E-state index in [4.69, 9.17) is 5.11 Å². The second-order valence-electron chi connectivity index (χ2n) is 5.30. The number of benzene rings is 1. The van der Waals surface area contributed by atoms with Crippen molar-refractivity contribution >= 4 is 5.91 Å². The molecule has 0 aliphatic carbocycles. The molecule has 1 aromatic carbocycles. The van der Waals surface area contributed by atoms with Crippen LogP contribution >= 0.6 is 0 Å². The molecule has 0 fully saturated rings. The Kier molecular flexibility index (Phi) is 5.99. The van der Waals surface area contributed by atoms with Crippen molar-refractivity contribution in [1.29, 1.82) is 0 Å². The van der Waals surface area contributed by atoms with Crippen molar-refractivity contribution in [3.63, 3.8) is 0 Å². The van der Waals surface area contributed by atoms with Gasteiger partial charge in [0.2, 0.25) is 5.91 Å². The maximum Gasteiger partial charge on any atom is 0.230 e. The van der Waals surface area contributed by atoms with Gasteiger partial charge in [0.15, 0.2) is 0 Å². The van der Waals surface area contributed by atoms with E-state index in [1.807, 2.05) is 44.2 Å². The lowest BCUT2D eigenvalue weighted by atomic mass is 9.84. The molecule has 0 aliphatic heterocycles. The third-order valence-corrected chi connectivity index (χ3v) is 3.09. The molecule has 3 N–H and O–H groups in total. The molecule has 19 heavy (non-hydrogen) atoms. The molecule has 4 nitrogen and oxygen atoms in total. The van der Waals surface area contributed by atoms with Crippen LogP contribution in [0.1, 0.15) is 26.3 Å². The highest BCUT2D eigenvalue weighted by atomic mass is 16.3. The lowest BCUT2D eigenvalue weighted by molar-refractivity contribution is -0.125. The Morgan fingerprint density at radius 1 is 1.26 bits per heavy atom. The summed E-state index contributed by atoms with van der Waals surface area (Å²) >= 11 is 0. The zero-order valence-electron chi connectivity index (χ0n) is 11.9. The molecule has 0 saturated heterocycles. The zero-order chi connectivity index (χ0) is 14.3. The molecule has 1 aromatic rings. The van der Waals surface area contributed by atoms with Gasteiger partial charge in [0.1, 0.15) is 0 Å². The number of aliphatic hydroxyl groups excluding tert-OH is 1. The molecular weight excluding hydrogens is 240 g/mol. The van der Waals surface area contributed by atoms with Crippen LogP contribution in [0.2, 0.25) is 0 Å². The van der Waals surface area contributed by atoms with Gasteiger partial charge in [-0.3, -0.25) is 4.79 Å². The second-order valence-corrected chi connectivity index (χ2v) is 5.30. The summed E-state index contributed by atoms with van der Waals surface area (Å²) in [5, 5.41) is 15.1. The summed E-state index contributed by atoms with van der Waals surface area (Å²) in [7, 11) is 0. The summed E-state index contributed by atoms with van der Waals surface area (Å²) in [6.07, 6.45) is -0.364. The molecule has 0 bridgehead atoms. The molecule has 0 radical (unpaired) electrons. The third kappa shape index (κ3) is 5.01. The van der Waals surface area contributed by atoms with E-state index in [9.17, 15) is 4.79 Å². The first-order chi connectivity index (χ1) is 8.94. The van der Waals surface area contributed by atoms with Crippen LogP contribution in [-0.4, -0.2) is 36.8 Å². The van der Waals surface area contributed by atoms with Crippen LogP contribution in [0.25, 0.3) is 0 Å². The maximum absolute atomic E-state index is 12.2. The zero-order valence-corrected chi connectivity index (χ0v) is 11.9. The Labute approximate surface area is 115 Å². The molecule has 0 saturated carbocycles. The highest BCUT2D eigenvalue weighted by molar-refractivity contribution is 5.87. The van der Waals surface area contributed by atoms with Gasteiger partial charge in [-0.1, -0.05) is 30.3 Å². The third-order valence-electron chi connectivity index (χ3n) is 3.09. The van der Waals surface area contributed by atoms with Crippen LogP contribution in [0.4, 0.5) is 0 Å². The average molecular weight is 264 g/mol. The molecule has 0 aliphatic rings. The van der Waals surface area contributed by atoms with Gasteiger partial charge in [-0.25, -0.2) is 0 Å². The summed E-state index contributed by atoms with van der Waals surface area (Å²) < 4.78 is 0. The van der Waals surface area contributed by atoms with Crippen LogP contribution in [0, 0.1) is 0 Å². The van der Waals surface area contributed by atoms with Gasteiger partial charge in [0.05, 0.1) is 11.5 Å². The minimum absolute atomic E-state index is 0.0116. The monoisotopic (exact) mass is 264 g/mol. The maximum atomic E-state index is 12.2. The van der Waals surface area contributed by atoms with E-state index in [0.717, 1.165) is 5.56 Å². The van der Waals surface area contributed by atoms with Gasteiger partial charge in [-0.2, -0.15) is 0 Å². The first-order valence-electron chi connectivity index (χ1n) is 6.67. The minimum atomic E-state index is -0.536. The van der Waals surface area contributed by atoms with Crippen LogP contribution in [-0.2, 0) is 10.2 Å². The number of amides is 1. The summed E-state index contributed by atoms with van der Waals surface area (Å²) in [5.74, 6) is 0.0116. The van der Waals surface area contributed by atoms with Crippen molar-refractivity contribution in [3.8, 4) is 0 Å². The predicted molar refractivity (Wildman–Crippen MR) is 77.0 cm³/mol. The van der Waals surface area contributed by atoms with E-state index >= 15 is 0 Å². The quantitative estimate of drug-likeness (QED) is 0.645. The van der Waals surface area contributed by atoms with E-state index in [2.05, 4.69) is 10.6 Å². The van der Waals surface area contributed by atoms with Crippen LogP contribution in [0.5, 0.6) is 0 Å². The van der Waals surface area contributed by atoms with Crippen molar-refractivity contribution in [2.24, 2.45) is 0 Å². The standard InChI is InChI=1S/C15H24N2O2/c1-12(18)11-16-9-10-17-14(19)15(2,3)13-7-5-4-6-8-13/h4-8,12,16,18H,9-11H2,1-3H3,(H,17,19). The molecule has 4 heteroatoms. The Morgan fingerprint density at radius 3 is 2.47 bits per heavy atom. The summed E-state index contributed by atoms with van der Waals surface area (Å²) in [5.41, 5.74) is 0.468. The minimum Gasteiger partial charge on any atom is -0.392 e. The van der Waals surface area contributed by atoms with Gasteiger partial charge < -0.3 is 15.7 Å². The summed E-state index contributed by atoms with van der Waals surface area (Å²) in [4.78, 5) is 12.2. The first-order valence-corrected chi connectivity index (χ1v) is 6.67. The largest absolute Gasteiger partial charge is 0.392 e. The Bertz CT molecular complexity index is 388. The second kappa shape index (κ2) is 7.26. The van der Waals surface area contributed by atoms with Gasteiger partial charge >= 0.3 is 0 Å². The average Bonchev–Trinajstić information content (AvgIpc) is 2.38. The summed E-state index contributed by atoms with van der Waals surface area (Å²) in [6, 6.07) is 9.75. The van der Waals surface area contributed by atoms with Gasteiger partial charge in [0, 0.05) is 19.6 Å². The normalized spacial score (nSPS) is 13.1. The van der Waals surface area contributed by atoms with E-state index in [-0.39, 0.29) is 12.0 Å². The number of carbonyl (C=O) groups is 1. The van der Waals surface area contributed by atoms with Crippen molar-refractivity contribution in [2.75, 3.05) is 19.6 Å². The number of rotatable bonds is 7. The predicted octanol–water partition coefficient (Wildman–Crippen LogP) is 1.05. The number of hydrogen-bond acceptors (Lipinski definition) is 3. The van der Waals surface area contributed by atoms with E-state index in [0.29, 0.717) is 19.6 Å². The van der Waals surface area contributed by atoms with Crippen LogP contribution in [0.3, 0.4) is 0 Å². The topological polar surface area (TPSA) is 61.4 Å². The fourth-order valence-corrected chi connectivity index (χ4v) is 1.78. The smallest absolute Gasteiger partial charge is 0.230 e. The molecule has 106 valence electrons. The Balaban J connectivity index is 2.40. The van der Waals surface area contributed by atoms with Crippen molar-refractivity contribution < 1.29 is 9.90 Å². The molecule has 1 unspecified atom stereocenters. The molecule has 1 rings (SSSR count). The Morgan fingerprint density at radius 2 is 1.89 bits per heavy atom. The van der Waals surface area contributed by atoms with Gasteiger partial charge in [-0.05, 0) is 26.3 Å². The number of aliphatic hydroxyl groups is 1. The molecule has 0 spiro atoms. The summed E-state index contributed by atoms with van der Waals surface area (Å²) in [6.45, 7) is 7.31. The van der Waals surface area contributed by atoms with Crippen LogP contribution < -0.4 is 10.6 Å². The molecule has 1 amide bonds.